The van der Waals surface area contributed by atoms with E-state index in [0.29, 0.717) is 0 Å². The Balaban J connectivity index is 1.75. The first-order valence-corrected chi connectivity index (χ1v) is 8.33. The zero-order chi connectivity index (χ0) is 14.8. The number of aromatic nitrogens is 1. The highest BCUT2D eigenvalue weighted by atomic mass is 32.1. The smallest absolute Gasteiger partial charge is 0.252 e. The van der Waals surface area contributed by atoms with Crippen LogP contribution in [0.5, 0.6) is 0 Å². The van der Waals surface area contributed by atoms with E-state index in [1.165, 1.54) is 16.9 Å². The summed E-state index contributed by atoms with van der Waals surface area (Å²) >= 11 is 1.74. The summed E-state index contributed by atoms with van der Waals surface area (Å²) in [5.74, 6) is 0.786. The molecule has 2 aromatic rings. The summed E-state index contributed by atoms with van der Waals surface area (Å²) in [7, 11) is 0. The van der Waals surface area contributed by atoms with Crippen LogP contribution in [0.15, 0.2) is 29.9 Å². The summed E-state index contributed by atoms with van der Waals surface area (Å²) in [6, 6.07) is 3.88. The van der Waals surface area contributed by atoms with Gasteiger partial charge in [0, 0.05) is 22.7 Å². The molecule has 0 aromatic carbocycles. The van der Waals surface area contributed by atoms with Gasteiger partial charge in [-0.15, -0.1) is 11.3 Å². The maximum absolute atomic E-state index is 12.5. The third-order valence-corrected chi connectivity index (χ3v) is 5.25. The van der Waals surface area contributed by atoms with Crippen molar-refractivity contribution in [2.75, 3.05) is 0 Å². The Morgan fingerprint density at radius 1 is 1.43 bits per heavy atom. The van der Waals surface area contributed by atoms with Crippen LogP contribution < -0.4 is 5.32 Å². The minimum Gasteiger partial charge on any atom is -0.345 e. The second-order valence-corrected chi connectivity index (χ2v) is 6.84. The zero-order valence-corrected chi connectivity index (χ0v) is 13.2. The monoisotopic (exact) mass is 300 g/mol. The van der Waals surface area contributed by atoms with Crippen molar-refractivity contribution in [3.05, 3.63) is 51.5 Å². The summed E-state index contributed by atoms with van der Waals surface area (Å²) in [4.78, 5) is 17.9. The molecule has 21 heavy (non-hydrogen) atoms. The lowest BCUT2D eigenvalue weighted by molar-refractivity contribution is 0.0939. The van der Waals surface area contributed by atoms with Gasteiger partial charge in [-0.1, -0.05) is 6.92 Å². The number of nitrogens with zero attached hydrogens (tertiary/aromatic N) is 1. The van der Waals surface area contributed by atoms with Gasteiger partial charge in [-0.25, -0.2) is 0 Å². The van der Waals surface area contributed by atoms with Crippen LogP contribution in [0.2, 0.25) is 0 Å². The van der Waals surface area contributed by atoms with Crippen molar-refractivity contribution in [3.63, 3.8) is 0 Å². The predicted molar refractivity (Wildman–Crippen MR) is 85.6 cm³/mol. The largest absolute Gasteiger partial charge is 0.345 e. The molecule has 110 valence electrons. The number of pyridine rings is 1. The van der Waals surface area contributed by atoms with Crippen molar-refractivity contribution in [2.45, 2.75) is 39.2 Å². The number of fused-ring (bicyclic) bond motifs is 1. The SMILES string of the molecule is CC1CCc2c(C(=O)NC(C)c3ccncc3)csc2C1. The van der Waals surface area contributed by atoms with Gasteiger partial charge in [-0.2, -0.15) is 0 Å². The Hall–Kier alpha value is -1.68. The van der Waals surface area contributed by atoms with Gasteiger partial charge < -0.3 is 5.32 Å². The molecule has 1 aliphatic carbocycles. The van der Waals surface area contributed by atoms with Gasteiger partial charge in [-0.3, -0.25) is 9.78 Å². The Morgan fingerprint density at radius 3 is 2.95 bits per heavy atom. The number of hydrogen-bond donors (Lipinski definition) is 1. The van der Waals surface area contributed by atoms with E-state index in [9.17, 15) is 4.79 Å². The van der Waals surface area contributed by atoms with Crippen molar-refractivity contribution in [1.29, 1.82) is 0 Å². The number of carbonyl (C=O) groups is 1. The summed E-state index contributed by atoms with van der Waals surface area (Å²) in [6.45, 7) is 4.29. The van der Waals surface area contributed by atoms with Crippen LogP contribution in [0.4, 0.5) is 0 Å². The molecule has 0 fully saturated rings. The molecule has 0 radical (unpaired) electrons. The Bertz CT molecular complexity index is 635. The second-order valence-electron chi connectivity index (χ2n) is 5.87. The molecule has 1 amide bonds. The maximum Gasteiger partial charge on any atom is 0.252 e. The average molecular weight is 300 g/mol. The molecule has 0 spiro atoms. The van der Waals surface area contributed by atoms with Gasteiger partial charge in [0.1, 0.15) is 0 Å². The molecule has 2 unspecified atom stereocenters. The second kappa shape index (κ2) is 5.98. The van der Waals surface area contributed by atoms with Crippen LogP contribution >= 0.6 is 11.3 Å². The molecule has 2 aromatic heterocycles. The van der Waals surface area contributed by atoms with E-state index in [4.69, 9.17) is 0 Å². The fourth-order valence-corrected chi connectivity index (χ4v) is 4.12. The number of hydrogen-bond acceptors (Lipinski definition) is 3. The van der Waals surface area contributed by atoms with Crippen LogP contribution in [-0.2, 0) is 12.8 Å². The van der Waals surface area contributed by atoms with Gasteiger partial charge in [0.15, 0.2) is 0 Å². The standard InChI is InChI=1S/C17H20N2OS/c1-11-3-4-14-15(10-21-16(14)9-11)17(20)19-12(2)13-5-7-18-8-6-13/h5-8,10-12H,3-4,9H2,1-2H3,(H,19,20). The first-order chi connectivity index (χ1) is 10.1. The third kappa shape index (κ3) is 3.00. The van der Waals surface area contributed by atoms with Crippen LogP contribution in [-0.4, -0.2) is 10.9 Å². The lowest BCUT2D eigenvalue weighted by Gasteiger charge is -2.19. The van der Waals surface area contributed by atoms with E-state index in [2.05, 4.69) is 17.2 Å². The van der Waals surface area contributed by atoms with E-state index < -0.39 is 0 Å². The van der Waals surface area contributed by atoms with E-state index in [0.717, 1.165) is 29.9 Å². The molecule has 0 aliphatic heterocycles. The highest BCUT2D eigenvalue weighted by Crippen LogP contribution is 2.33. The molecule has 2 heterocycles. The Morgan fingerprint density at radius 2 is 2.19 bits per heavy atom. The van der Waals surface area contributed by atoms with E-state index >= 15 is 0 Å². The highest BCUT2D eigenvalue weighted by Gasteiger charge is 2.23. The zero-order valence-electron chi connectivity index (χ0n) is 12.4. The summed E-state index contributed by atoms with van der Waals surface area (Å²) in [6.07, 6.45) is 6.85. The number of nitrogens with one attached hydrogen (secondary N) is 1. The Kier molecular flexibility index (Phi) is 4.06. The fourth-order valence-electron chi connectivity index (χ4n) is 2.88. The molecule has 0 saturated carbocycles. The molecule has 3 rings (SSSR count). The molecule has 0 saturated heterocycles. The number of thiophene rings is 1. The summed E-state index contributed by atoms with van der Waals surface area (Å²) in [5, 5.41) is 5.12. The van der Waals surface area contributed by atoms with E-state index in [1.54, 1.807) is 23.7 Å². The molecular weight excluding hydrogens is 280 g/mol. The lowest BCUT2D eigenvalue weighted by Crippen LogP contribution is -2.27. The number of carbonyl (C=O) groups excluding carboxylic acids is 1. The molecule has 1 N–H and O–H groups in total. The van der Waals surface area contributed by atoms with Gasteiger partial charge in [-0.05, 0) is 55.4 Å². The van der Waals surface area contributed by atoms with Gasteiger partial charge in [0.2, 0.25) is 0 Å². The van der Waals surface area contributed by atoms with Crippen molar-refractivity contribution in [2.24, 2.45) is 5.92 Å². The quantitative estimate of drug-likeness (QED) is 0.938. The lowest BCUT2D eigenvalue weighted by atomic mass is 9.88. The third-order valence-electron chi connectivity index (χ3n) is 4.20. The molecule has 3 nitrogen and oxygen atoms in total. The Labute approximate surface area is 129 Å². The number of rotatable bonds is 3. The normalized spacial score (nSPS) is 18.9. The molecule has 1 aliphatic rings. The first-order valence-electron chi connectivity index (χ1n) is 7.45. The molecule has 0 bridgehead atoms. The van der Waals surface area contributed by atoms with Crippen LogP contribution in [0.3, 0.4) is 0 Å². The fraction of sp³-hybridized carbons (Fsp3) is 0.412. The summed E-state index contributed by atoms with van der Waals surface area (Å²) < 4.78 is 0. The minimum absolute atomic E-state index is 0.00133. The summed E-state index contributed by atoms with van der Waals surface area (Å²) in [5.41, 5.74) is 3.23. The van der Waals surface area contributed by atoms with Crippen LogP contribution in [0, 0.1) is 5.92 Å². The topological polar surface area (TPSA) is 42.0 Å². The van der Waals surface area contributed by atoms with Crippen molar-refractivity contribution >= 4 is 17.2 Å². The van der Waals surface area contributed by atoms with Crippen molar-refractivity contribution < 1.29 is 4.79 Å². The highest BCUT2D eigenvalue weighted by molar-refractivity contribution is 7.10. The average Bonchev–Trinajstić information content (AvgIpc) is 2.91. The van der Waals surface area contributed by atoms with Crippen LogP contribution in [0.1, 0.15) is 52.7 Å². The molecular formula is C17H20N2OS. The van der Waals surface area contributed by atoms with E-state index in [1.807, 2.05) is 24.4 Å². The predicted octanol–water partition coefficient (Wildman–Crippen LogP) is 3.76. The maximum atomic E-state index is 12.5. The van der Waals surface area contributed by atoms with Crippen LogP contribution in [0.25, 0.3) is 0 Å². The van der Waals surface area contributed by atoms with Crippen molar-refractivity contribution in [3.8, 4) is 0 Å². The van der Waals surface area contributed by atoms with E-state index in [-0.39, 0.29) is 11.9 Å². The number of amides is 1. The first kappa shape index (κ1) is 14.3. The van der Waals surface area contributed by atoms with Gasteiger partial charge in [0.05, 0.1) is 11.6 Å². The minimum atomic E-state index is -0.00133. The molecule has 2 atom stereocenters. The molecule has 4 heteroatoms. The van der Waals surface area contributed by atoms with Gasteiger partial charge >= 0.3 is 0 Å². The van der Waals surface area contributed by atoms with Crippen molar-refractivity contribution in [1.82, 2.24) is 10.3 Å². The van der Waals surface area contributed by atoms with Gasteiger partial charge in [0.25, 0.3) is 5.91 Å².